The van der Waals surface area contributed by atoms with Crippen LogP contribution in [0.4, 0.5) is 5.95 Å². The first-order chi connectivity index (χ1) is 8.70. The summed E-state index contributed by atoms with van der Waals surface area (Å²) < 4.78 is 5.60. The van der Waals surface area contributed by atoms with Gasteiger partial charge in [0.25, 0.3) is 0 Å². The zero-order valence-electron chi connectivity index (χ0n) is 10.3. The van der Waals surface area contributed by atoms with Gasteiger partial charge in [-0.3, -0.25) is 4.79 Å². The minimum Gasteiger partial charge on any atom is -0.469 e. The van der Waals surface area contributed by atoms with Gasteiger partial charge in [0.05, 0.1) is 18.0 Å². The first kappa shape index (κ1) is 13.3. The Hall–Kier alpha value is -1.17. The second kappa shape index (κ2) is 6.13. The maximum absolute atomic E-state index is 11.4. The van der Waals surface area contributed by atoms with Crippen molar-refractivity contribution in [3.05, 3.63) is 16.9 Å². The topological polar surface area (TPSA) is 55.3 Å². The highest BCUT2D eigenvalue weighted by atomic mass is 79.9. The number of methoxy groups -OCH3 is 1. The summed E-state index contributed by atoms with van der Waals surface area (Å²) in [5.41, 5.74) is 0. The Morgan fingerprint density at radius 2 is 2.22 bits per heavy atom. The number of nitrogens with zero attached hydrogens (tertiary/aromatic N) is 3. The number of aromatic nitrogens is 2. The van der Waals surface area contributed by atoms with Crippen LogP contribution >= 0.6 is 15.9 Å². The van der Waals surface area contributed by atoms with E-state index >= 15 is 0 Å². The molecule has 1 aromatic rings. The largest absolute Gasteiger partial charge is 0.469 e. The van der Waals surface area contributed by atoms with Crippen LogP contribution in [0.25, 0.3) is 0 Å². The molecule has 0 N–H and O–H groups in total. The van der Waals surface area contributed by atoms with Crippen molar-refractivity contribution in [3.8, 4) is 0 Å². The number of carbonyl (C=O) groups is 1. The molecule has 0 spiro atoms. The van der Waals surface area contributed by atoms with Crippen LogP contribution in [-0.2, 0) is 9.53 Å². The highest BCUT2D eigenvalue weighted by molar-refractivity contribution is 9.10. The van der Waals surface area contributed by atoms with Crippen LogP contribution in [0, 0.1) is 0 Å². The number of esters is 1. The van der Waals surface area contributed by atoms with Crippen molar-refractivity contribution in [2.24, 2.45) is 0 Å². The fourth-order valence-electron chi connectivity index (χ4n) is 2.21. The van der Waals surface area contributed by atoms with E-state index in [0.29, 0.717) is 12.4 Å². The smallest absolute Gasteiger partial charge is 0.307 e. The van der Waals surface area contributed by atoms with Crippen LogP contribution in [-0.4, -0.2) is 35.6 Å². The Bertz CT molecular complexity index is 410. The normalized spacial score (nSPS) is 19.7. The summed E-state index contributed by atoms with van der Waals surface area (Å²) >= 11 is 3.32. The van der Waals surface area contributed by atoms with Crippen molar-refractivity contribution in [2.45, 2.75) is 31.7 Å². The molecular formula is C12H16BrN3O2. The van der Waals surface area contributed by atoms with Gasteiger partial charge in [0.15, 0.2) is 0 Å². The molecule has 18 heavy (non-hydrogen) atoms. The maximum atomic E-state index is 11.4. The molecule has 2 rings (SSSR count). The lowest BCUT2D eigenvalue weighted by molar-refractivity contribution is -0.141. The molecular weight excluding hydrogens is 298 g/mol. The monoisotopic (exact) mass is 313 g/mol. The Kier molecular flexibility index (Phi) is 4.52. The molecule has 98 valence electrons. The van der Waals surface area contributed by atoms with Gasteiger partial charge in [-0.05, 0) is 35.2 Å². The van der Waals surface area contributed by atoms with E-state index in [4.69, 9.17) is 4.74 Å². The van der Waals surface area contributed by atoms with Crippen LogP contribution in [0.15, 0.2) is 16.9 Å². The number of hydrogen-bond donors (Lipinski definition) is 0. The predicted molar refractivity (Wildman–Crippen MR) is 71.4 cm³/mol. The lowest BCUT2D eigenvalue weighted by atomic mass is 10.00. The second-order valence-electron chi connectivity index (χ2n) is 4.32. The molecule has 0 bridgehead atoms. The highest BCUT2D eigenvalue weighted by Crippen LogP contribution is 2.24. The van der Waals surface area contributed by atoms with Gasteiger partial charge in [0, 0.05) is 25.0 Å². The van der Waals surface area contributed by atoms with E-state index in [2.05, 4.69) is 30.8 Å². The Balaban J connectivity index is 2.12. The van der Waals surface area contributed by atoms with Crippen LogP contribution in [0.2, 0.25) is 0 Å². The summed E-state index contributed by atoms with van der Waals surface area (Å²) in [5, 5.41) is 0. The van der Waals surface area contributed by atoms with Gasteiger partial charge in [-0.15, -0.1) is 0 Å². The number of rotatable bonds is 3. The van der Waals surface area contributed by atoms with E-state index < -0.39 is 0 Å². The summed E-state index contributed by atoms with van der Waals surface area (Å²) in [6, 6.07) is 0.146. The summed E-state index contributed by atoms with van der Waals surface area (Å²) in [4.78, 5) is 22.1. The maximum Gasteiger partial charge on any atom is 0.307 e. The molecule has 2 heterocycles. The minimum atomic E-state index is -0.177. The third kappa shape index (κ3) is 3.19. The minimum absolute atomic E-state index is 0.146. The van der Waals surface area contributed by atoms with Gasteiger partial charge >= 0.3 is 5.97 Å². The number of carbonyl (C=O) groups excluding carboxylic acids is 1. The van der Waals surface area contributed by atoms with Gasteiger partial charge in [0.2, 0.25) is 5.95 Å². The zero-order valence-corrected chi connectivity index (χ0v) is 11.9. The van der Waals surface area contributed by atoms with E-state index in [1.54, 1.807) is 12.4 Å². The molecule has 0 amide bonds. The Morgan fingerprint density at radius 1 is 1.50 bits per heavy atom. The molecule has 5 nitrogen and oxygen atoms in total. The van der Waals surface area contributed by atoms with Crippen molar-refractivity contribution in [1.29, 1.82) is 0 Å². The molecule has 1 aromatic heterocycles. The summed E-state index contributed by atoms with van der Waals surface area (Å²) in [7, 11) is 1.42. The molecule has 0 saturated carbocycles. The van der Waals surface area contributed by atoms with E-state index in [0.717, 1.165) is 30.3 Å². The van der Waals surface area contributed by atoms with E-state index in [9.17, 15) is 4.79 Å². The molecule has 1 aliphatic heterocycles. The molecule has 6 heteroatoms. The summed E-state index contributed by atoms with van der Waals surface area (Å²) in [6.07, 6.45) is 7.08. The molecule has 0 radical (unpaired) electrons. The molecule has 1 saturated heterocycles. The van der Waals surface area contributed by atoms with Gasteiger partial charge in [-0.2, -0.15) is 0 Å². The molecule has 1 fully saturated rings. The summed E-state index contributed by atoms with van der Waals surface area (Å²) in [5.74, 6) is 0.510. The molecule has 0 aliphatic carbocycles. The van der Waals surface area contributed by atoms with E-state index in [1.165, 1.54) is 7.11 Å². The first-order valence-electron chi connectivity index (χ1n) is 6.01. The third-order valence-corrected chi connectivity index (χ3v) is 3.53. The van der Waals surface area contributed by atoms with Crippen LogP contribution < -0.4 is 4.90 Å². The summed E-state index contributed by atoms with van der Waals surface area (Å²) in [6.45, 7) is 0.892. The standard InChI is InChI=1S/C12H16BrN3O2/c1-18-11(17)6-10-4-2-3-5-16(10)12-14-7-9(13)8-15-12/h7-8,10H,2-6H2,1H3. The van der Waals surface area contributed by atoms with Crippen LogP contribution in [0.5, 0.6) is 0 Å². The van der Waals surface area contributed by atoms with Gasteiger partial charge in [0.1, 0.15) is 0 Å². The lowest BCUT2D eigenvalue weighted by Gasteiger charge is -2.35. The fraction of sp³-hybridized carbons (Fsp3) is 0.583. The van der Waals surface area contributed by atoms with Gasteiger partial charge in [-0.25, -0.2) is 9.97 Å². The van der Waals surface area contributed by atoms with Crippen molar-refractivity contribution < 1.29 is 9.53 Å². The number of piperidine rings is 1. The van der Waals surface area contributed by atoms with Crippen molar-refractivity contribution in [3.63, 3.8) is 0 Å². The van der Waals surface area contributed by atoms with E-state index in [-0.39, 0.29) is 12.0 Å². The van der Waals surface area contributed by atoms with Gasteiger partial charge < -0.3 is 9.64 Å². The molecule has 0 aromatic carbocycles. The van der Waals surface area contributed by atoms with Crippen molar-refractivity contribution in [2.75, 3.05) is 18.6 Å². The predicted octanol–water partition coefficient (Wildman–Crippen LogP) is 2.16. The average molecular weight is 314 g/mol. The third-order valence-electron chi connectivity index (χ3n) is 3.12. The molecule has 1 aliphatic rings. The quantitative estimate of drug-likeness (QED) is 0.800. The highest BCUT2D eigenvalue weighted by Gasteiger charge is 2.26. The van der Waals surface area contributed by atoms with E-state index in [1.807, 2.05) is 0 Å². The zero-order chi connectivity index (χ0) is 13.0. The van der Waals surface area contributed by atoms with Crippen LogP contribution in [0.1, 0.15) is 25.7 Å². The number of halogens is 1. The molecule has 1 unspecified atom stereocenters. The number of ether oxygens (including phenoxy) is 1. The fourth-order valence-corrected chi connectivity index (χ4v) is 2.41. The second-order valence-corrected chi connectivity index (χ2v) is 5.24. The first-order valence-corrected chi connectivity index (χ1v) is 6.81. The lowest BCUT2D eigenvalue weighted by Crippen LogP contribution is -2.42. The van der Waals surface area contributed by atoms with Crippen molar-refractivity contribution >= 4 is 27.8 Å². The molecule has 1 atom stereocenters. The Morgan fingerprint density at radius 3 is 2.89 bits per heavy atom. The number of hydrogen-bond acceptors (Lipinski definition) is 5. The Labute approximate surface area is 115 Å². The average Bonchev–Trinajstić information content (AvgIpc) is 2.40. The number of anilines is 1. The van der Waals surface area contributed by atoms with Crippen LogP contribution in [0.3, 0.4) is 0 Å². The SMILES string of the molecule is COC(=O)CC1CCCCN1c1ncc(Br)cn1. The van der Waals surface area contributed by atoms with Crippen molar-refractivity contribution in [1.82, 2.24) is 9.97 Å². The van der Waals surface area contributed by atoms with Gasteiger partial charge in [-0.1, -0.05) is 0 Å².